The highest BCUT2D eigenvalue weighted by atomic mass is 32.2. The molecule has 1 saturated heterocycles. The fourth-order valence-corrected chi connectivity index (χ4v) is 5.14. The largest absolute Gasteiger partial charge is 0.454 e. The second-order valence-electron chi connectivity index (χ2n) is 7.38. The van der Waals surface area contributed by atoms with Gasteiger partial charge in [-0.15, -0.1) is 11.3 Å². The van der Waals surface area contributed by atoms with Crippen molar-refractivity contribution in [3.63, 3.8) is 0 Å². The van der Waals surface area contributed by atoms with Gasteiger partial charge in [0.15, 0.2) is 0 Å². The number of benzene rings is 1. The first-order chi connectivity index (χ1) is 14.8. The number of anilines is 1. The van der Waals surface area contributed by atoms with Crippen molar-refractivity contribution >= 4 is 43.2 Å². The minimum atomic E-state index is -3.72. The van der Waals surface area contributed by atoms with Crippen LogP contribution in [0.5, 0.6) is 0 Å². The van der Waals surface area contributed by atoms with Gasteiger partial charge >= 0.3 is 5.97 Å². The number of aromatic amines is 1. The number of rotatable bonds is 6. The predicted octanol–water partition coefficient (Wildman–Crippen LogP) is 2.19. The second-order valence-corrected chi connectivity index (χ2v) is 10.5. The molecule has 1 aromatic carbocycles. The van der Waals surface area contributed by atoms with Crippen LogP contribution in [0.2, 0.25) is 0 Å². The highest BCUT2D eigenvalue weighted by Gasteiger charge is 2.25. The summed E-state index contributed by atoms with van der Waals surface area (Å²) in [5.74, 6) is -0.449. The molecular weight excluding hydrogens is 440 g/mol. The van der Waals surface area contributed by atoms with E-state index in [0.29, 0.717) is 15.9 Å². The normalized spacial score (nSPS) is 14.5. The van der Waals surface area contributed by atoms with E-state index < -0.39 is 16.0 Å². The van der Waals surface area contributed by atoms with Gasteiger partial charge in [0, 0.05) is 27.2 Å². The second kappa shape index (κ2) is 8.40. The first-order valence-corrected chi connectivity index (χ1v) is 12.0. The molecule has 1 aliphatic heterocycles. The summed E-state index contributed by atoms with van der Waals surface area (Å²) in [6, 6.07) is 6.23. The average Bonchev–Trinajstić information content (AvgIpc) is 3.43. The van der Waals surface area contributed by atoms with Crippen molar-refractivity contribution in [3.05, 3.63) is 51.4 Å². The minimum absolute atomic E-state index is 0.0126. The molecule has 0 radical (unpaired) electrons. The number of ether oxygens (including phenoxy) is 1. The Kier molecular flexibility index (Phi) is 5.82. The number of nitrogens with one attached hydrogen (secondary N) is 1. The zero-order valence-electron chi connectivity index (χ0n) is 17.1. The summed E-state index contributed by atoms with van der Waals surface area (Å²) in [6.45, 7) is 1.33. The molecule has 1 fully saturated rings. The minimum Gasteiger partial charge on any atom is -0.454 e. The number of sulfonamides is 1. The molecule has 31 heavy (non-hydrogen) atoms. The molecule has 3 heterocycles. The third-order valence-electron chi connectivity index (χ3n) is 5.12. The van der Waals surface area contributed by atoms with Crippen LogP contribution in [0, 0.1) is 0 Å². The van der Waals surface area contributed by atoms with Gasteiger partial charge in [-0.25, -0.2) is 22.5 Å². The van der Waals surface area contributed by atoms with E-state index in [1.807, 2.05) is 4.90 Å². The van der Waals surface area contributed by atoms with Gasteiger partial charge in [0.05, 0.1) is 21.7 Å². The Hall–Kier alpha value is -2.76. The lowest BCUT2D eigenvalue weighted by molar-refractivity contribution is 0.0463. The Morgan fingerprint density at radius 1 is 1.26 bits per heavy atom. The number of carbonyl (C=O) groups excluding carboxylic acids is 1. The molecule has 0 aliphatic carbocycles. The maximum absolute atomic E-state index is 13.0. The van der Waals surface area contributed by atoms with Crippen LogP contribution in [0.25, 0.3) is 10.2 Å². The third kappa shape index (κ3) is 4.21. The van der Waals surface area contributed by atoms with Crippen LogP contribution in [0.1, 0.15) is 29.0 Å². The molecule has 164 valence electrons. The number of hydrogen-bond acceptors (Lipinski definition) is 8. The van der Waals surface area contributed by atoms with Crippen molar-refractivity contribution in [1.29, 1.82) is 0 Å². The molecule has 0 bridgehead atoms. The molecular formula is C20H22N4O5S2. The number of nitrogens with zero attached hydrogens (tertiary/aromatic N) is 3. The van der Waals surface area contributed by atoms with Crippen molar-refractivity contribution in [1.82, 2.24) is 14.3 Å². The summed E-state index contributed by atoms with van der Waals surface area (Å²) in [7, 11) is -0.846. The molecule has 3 aromatic rings. The lowest BCUT2D eigenvalue weighted by Crippen LogP contribution is -2.25. The van der Waals surface area contributed by atoms with Crippen molar-refractivity contribution in [3.8, 4) is 0 Å². The SMILES string of the molecule is CN(C)S(=O)(=O)c1ccc(N2CCCC2)c(C(=O)OCc2nc3ccsc3c(=O)[nH]2)c1. The van der Waals surface area contributed by atoms with Gasteiger partial charge in [-0.05, 0) is 42.5 Å². The number of hydrogen-bond donors (Lipinski definition) is 1. The molecule has 0 saturated carbocycles. The van der Waals surface area contributed by atoms with Crippen LogP contribution in [0.15, 0.2) is 39.3 Å². The number of carbonyl (C=O) groups is 1. The summed E-state index contributed by atoms with van der Waals surface area (Å²) >= 11 is 1.29. The molecule has 11 heteroatoms. The highest BCUT2D eigenvalue weighted by Crippen LogP contribution is 2.29. The van der Waals surface area contributed by atoms with Gasteiger partial charge in [-0.1, -0.05) is 0 Å². The molecule has 2 aromatic heterocycles. The van der Waals surface area contributed by atoms with Crippen LogP contribution in [-0.4, -0.2) is 55.8 Å². The number of thiophene rings is 1. The van der Waals surface area contributed by atoms with E-state index in [-0.39, 0.29) is 28.4 Å². The average molecular weight is 463 g/mol. The molecule has 0 unspecified atom stereocenters. The predicted molar refractivity (Wildman–Crippen MR) is 118 cm³/mol. The molecule has 1 aliphatic rings. The van der Waals surface area contributed by atoms with Crippen LogP contribution < -0.4 is 10.5 Å². The first-order valence-electron chi connectivity index (χ1n) is 9.72. The van der Waals surface area contributed by atoms with Gasteiger partial charge in [-0.2, -0.15) is 0 Å². The van der Waals surface area contributed by atoms with E-state index >= 15 is 0 Å². The topological polar surface area (TPSA) is 113 Å². The van der Waals surface area contributed by atoms with Crippen molar-refractivity contribution in [2.45, 2.75) is 24.3 Å². The number of fused-ring (bicyclic) bond motifs is 1. The Bertz CT molecular complexity index is 1290. The van der Waals surface area contributed by atoms with Gasteiger partial charge in [0.25, 0.3) is 5.56 Å². The summed E-state index contributed by atoms with van der Waals surface area (Å²) in [5.41, 5.74) is 1.05. The fourth-order valence-electron chi connectivity index (χ4n) is 3.49. The summed E-state index contributed by atoms with van der Waals surface area (Å²) in [5, 5.41) is 1.77. The van der Waals surface area contributed by atoms with E-state index in [1.165, 1.54) is 37.6 Å². The van der Waals surface area contributed by atoms with E-state index in [0.717, 1.165) is 30.2 Å². The van der Waals surface area contributed by atoms with Crippen molar-refractivity contribution in [2.24, 2.45) is 0 Å². The third-order valence-corrected chi connectivity index (χ3v) is 7.83. The molecule has 4 rings (SSSR count). The highest BCUT2D eigenvalue weighted by molar-refractivity contribution is 7.89. The van der Waals surface area contributed by atoms with Gasteiger partial charge in [0.1, 0.15) is 17.1 Å². The first kappa shape index (κ1) is 21.5. The van der Waals surface area contributed by atoms with Gasteiger partial charge < -0.3 is 14.6 Å². The maximum Gasteiger partial charge on any atom is 0.340 e. The lowest BCUT2D eigenvalue weighted by atomic mass is 10.1. The standard InChI is InChI=1S/C20H22N4O5S2/c1-23(2)31(27,28)13-5-6-16(24-8-3-4-9-24)14(11-13)20(26)29-12-17-21-15-7-10-30-18(15)19(25)22-17/h5-7,10-11H,3-4,8-9,12H2,1-2H3,(H,21,22,25). The summed E-state index contributed by atoms with van der Waals surface area (Å²) < 4.78 is 32.2. The van der Waals surface area contributed by atoms with Crippen LogP contribution in [-0.2, 0) is 21.4 Å². The summed E-state index contributed by atoms with van der Waals surface area (Å²) in [6.07, 6.45) is 2.00. The Morgan fingerprint density at radius 3 is 2.71 bits per heavy atom. The number of H-pyrrole nitrogens is 1. The van der Waals surface area contributed by atoms with Crippen molar-refractivity contribution < 1.29 is 17.9 Å². The van der Waals surface area contributed by atoms with Gasteiger partial charge in [-0.3, -0.25) is 4.79 Å². The lowest BCUT2D eigenvalue weighted by Gasteiger charge is -2.22. The molecule has 0 amide bonds. The molecule has 0 spiro atoms. The number of esters is 1. The fraction of sp³-hybridized carbons (Fsp3) is 0.350. The van der Waals surface area contributed by atoms with E-state index in [2.05, 4.69) is 9.97 Å². The van der Waals surface area contributed by atoms with E-state index in [1.54, 1.807) is 17.5 Å². The van der Waals surface area contributed by atoms with Crippen molar-refractivity contribution in [2.75, 3.05) is 32.1 Å². The summed E-state index contributed by atoms with van der Waals surface area (Å²) in [4.78, 5) is 34.1. The smallest absolute Gasteiger partial charge is 0.340 e. The molecule has 9 nitrogen and oxygen atoms in total. The van der Waals surface area contributed by atoms with Gasteiger partial charge in [0.2, 0.25) is 10.0 Å². The Labute approximate surface area is 183 Å². The quantitative estimate of drug-likeness (QED) is 0.559. The monoisotopic (exact) mass is 462 g/mol. The van der Waals surface area contributed by atoms with E-state index in [9.17, 15) is 18.0 Å². The van der Waals surface area contributed by atoms with Crippen LogP contribution >= 0.6 is 11.3 Å². The van der Waals surface area contributed by atoms with Crippen LogP contribution in [0.4, 0.5) is 5.69 Å². The molecule has 0 atom stereocenters. The molecule has 1 N–H and O–H groups in total. The van der Waals surface area contributed by atoms with Crippen LogP contribution in [0.3, 0.4) is 0 Å². The Balaban J connectivity index is 1.64. The zero-order chi connectivity index (χ0) is 22.2. The Morgan fingerprint density at radius 2 is 2.00 bits per heavy atom. The maximum atomic E-state index is 13.0. The van der Waals surface area contributed by atoms with E-state index in [4.69, 9.17) is 4.74 Å². The zero-order valence-corrected chi connectivity index (χ0v) is 18.8. The number of aromatic nitrogens is 2.